The Hall–Kier alpha value is -2.60. The van der Waals surface area contributed by atoms with E-state index in [1.54, 1.807) is 0 Å². The van der Waals surface area contributed by atoms with Crippen molar-refractivity contribution in [1.29, 1.82) is 5.26 Å². The molecule has 1 N–H and O–H groups in total. The molecule has 0 saturated carbocycles. The zero-order chi connectivity index (χ0) is 22.6. The number of carbonyl (C=O) groups is 1. The predicted octanol–water partition coefficient (Wildman–Crippen LogP) is 2.78. The number of nitriles is 1. The number of nitrogens with zero attached hydrogens (tertiary/aromatic N) is 3. The minimum Gasteiger partial charge on any atom is -0.371 e. The third-order valence-corrected chi connectivity index (χ3v) is 7.50. The molecule has 1 fully saturated rings. The number of halogens is 1. The van der Waals surface area contributed by atoms with Crippen LogP contribution in [0.15, 0.2) is 47.4 Å². The van der Waals surface area contributed by atoms with Crippen LogP contribution in [0.3, 0.4) is 0 Å². The van der Waals surface area contributed by atoms with Crippen molar-refractivity contribution in [2.24, 2.45) is 5.92 Å². The molecule has 31 heavy (non-hydrogen) atoms. The highest BCUT2D eigenvalue weighted by Gasteiger charge is 2.26. The van der Waals surface area contributed by atoms with Crippen molar-refractivity contribution in [2.75, 3.05) is 38.1 Å². The Morgan fingerprint density at radius 3 is 2.68 bits per heavy atom. The molecule has 1 amide bonds. The van der Waals surface area contributed by atoms with E-state index in [1.165, 1.54) is 31.3 Å². The number of nitrogens with one attached hydrogen (secondary N) is 1. The second kappa shape index (κ2) is 9.69. The van der Waals surface area contributed by atoms with Crippen LogP contribution < -0.4 is 10.2 Å². The standard InChI is InChI=1S/C22H25ClN4O3S/c1-16-3-6-19(23)11-21(16)27-10-9-18(14-27)13-25-22(28)15-26(2)31(29,30)20-7-4-17(12-24)5-8-20/h3-8,11,18H,9-10,13-15H2,1-2H3,(H,25,28). The molecule has 7 nitrogen and oxygen atoms in total. The number of hydrogen-bond acceptors (Lipinski definition) is 5. The Labute approximate surface area is 188 Å². The van der Waals surface area contributed by atoms with Gasteiger partial charge in [-0.25, -0.2) is 8.42 Å². The van der Waals surface area contributed by atoms with Crippen molar-refractivity contribution in [1.82, 2.24) is 9.62 Å². The molecule has 164 valence electrons. The van der Waals surface area contributed by atoms with Crippen LogP contribution in [-0.2, 0) is 14.8 Å². The molecule has 3 rings (SSSR count). The van der Waals surface area contributed by atoms with Gasteiger partial charge in [0.15, 0.2) is 0 Å². The van der Waals surface area contributed by atoms with E-state index < -0.39 is 10.0 Å². The summed E-state index contributed by atoms with van der Waals surface area (Å²) in [4.78, 5) is 14.7. The van der Waals surface area contributed by atoms with Crippen LogP contribution in [-0.4, -0.2) is 51.9 Å². The van der Waals surface area contributed by atoms with Crippen molar-refractivity contribution >= 4 is 33.2 Å². The zero-order valence-electron chi connectivity index (χ0n) is 17.5. The highest BCUT2D eigenvalue weighted by Crippen LogP contribution is 2.29. The molecule has 1 saturated heterocycles. The summed E-state index contributed by atoms with van der Waals surface area (Å²) in [7, 11) is -2.44. The van der Waals surface area contributed by atoms with Gasteiger partial charge in [-0.2, -0.15) is 9.57 Å². The van der Waals surface area contributed by atoms with Gasteiger partial charge in [0.2, 0.25) is 15.9 Å². The Morgan fingerprint density at radius 2 is 2.00 bits per heavy atom. The minimum absolute atomic E-state index is 0.0464. The number of aryl methyl sites for hydroxylation is 1. The zero-order valence-corrected chi connectivity index (χ0v) is 19.1. The monoisotopic (exact) mass is 460 g/mol. The average molecular weight is 461 g/mol. The molecular weight excluding hydrogens is 436 g/mol. The van der Waals surface area contributed by atoms with E-state index in [2.05, 4.69) is 10.2 Å². The third-order valence-electron chi connectivity index (χ3n) is 5.44. The number of carbonyl (C=O) groups excluding carboxylic acids is 1. The van der Waals surface area contributed by atoms with Crippen LogP contribution in [0, 0.1) is 24.2 Å². The molecule has 1 atom stereocenters. The number of sulfonamides is 1. The number of hydrogen-bond donors (Lipinski definition) is 1. The highest BCUT2D eigenvalue weighted by atomic mass is 35.5. The maximum absolute atomic E-state index is 12.6. The first-order chi connectivity index (χ1) is 14.7. The summed E-state index contributed by atoms with van der Waals surface area (Å²) < 4.78 is 26.3. The van der Waals surface area contributed by atoms with Crippen molar-refractivity contribution in [3.05, 3.63) is 58.6 Å². The topological polar surface area (TPSA) is 93.5 Å². The SMILES string of the molecule is Cc1ccc(Cl)cc1N1CCC(CNC(=O)CN(C)S(=O)(=O)c2ccc(C#N)cc2)C1. The number of rotatable bonds is 7. The average Bonchev–Trinajstić information content (AvgIpc) is 3.22. The Morgan fingerprint density at radius 1 is 1.29 bits per heavy atom. The maximum atomic E-state index is 12.6. The normalized spacial score (nSPS) is 16.4. The van der Waals surface area contributed by atoms with E-state index in [-0.39, 0.29) is 23.3 Å². The fourth-order valence-electron chi connectivity index (χ4n) is 3.62. The largest absolute Gasteiger partial charge is 0.371 e. The van der Waals surface area contributed by atoms with Crippen molar-refractivity contribution in [3.8, 4) is 6.07 Å². The molecule has 0 spiro atoms. The van der Waals surface area contributed by atoms with E-state index in [0.717, 1.165) is 35.1 Å². The van der Waals surface area contributed by atoms with Gasteiger partial charge in [-0.15, -0.1) is 0 Å². The van der Waals surface area contributed by atoms with Crippen LogP contribution in [0.5, 0.6) is 0 Å². The summed E-state index contributed by atoms with van der Waals surface area (Å²) in [6.07, 6.45) is 0.936. The summed E-state index contributed by atoms with van der Waals surface area (Å²) in [5.74, 6) is -0.0696. The third kappa shape index (κ3) is 5.56. The van der Waals surface area contributed by atoms with Crippen LogP contribution >= 0.6 is 11.6 Å². The lowest BCUT2D eigenvalue weighted by Crippen LogP contribution is -2.40. The molecule has 9 heteroatoms. The Kier molecular flexibility index (Phi) is 7.21. The smallest absolute Gasteiger partial charge is 0.243 e. The summed E-state index contributed by atoms with van der Waals surface area (Å²) >= 11 is 6.13. The number of benzene rings is 2. The fourth-order valence-corrected chi connectivity index (χ4v) is 4.92. The molecule has 2 aromatic carbocycles. The molecular formula is C22H25ClN4O3S. The van der Waals surface area contributed by atoms with Crippen LogP contribution in [0.2, 0.25) is 5.02 Å². The lowest BCUT2D eigenvalue weighted by Gasteiger charge is -2.21. The molecule has 1 heterocycles. The lowest BCUT2D eigenvalue weighted by atomic mass is 10.1. The second-order valence-electron chi connectivity index (χ2n) is 7.73. The van der Waals surface area contributed by atoms with Gasteiger partial charge in [-0.3, -0.25) is 4.79 Å². The first-order valence-corrected chi connectivity index (χ1v) is 11.8. The number of anilines is 1. The van der Waals surface area contributed by atoms with E-state index in [9.17, 15) is 13.2 Å². The van der Waals surface area contributed by atoms with E-state index in [1.807, 2.05) is 31.2 Å². The molecule has 1 aliphatic heterocycles. The number of likely N-dealkylation sites (N-methyl/N-ethyl adjacent to an activating group) is 1. The molecule has 0 radical (unpaired) electrons. The van der Waals surface area contributed by atoms with Gasteiger partial charge in [-0.05, 0) is 61.2 Å². The van der Waals surface area contributed by atoms with Crippen molar-refractivity contribution < 1.29 is 13.2 Å². The lowest BCUT2D eigenvalue weighted by molar-refractivity contribution is -0.121. The maximum Gasteiger partial charge on any atom is 0.243 e. The van der Waals surface area contributed by atoms with E-state index in [0.29, 0.717) is 17.1 Å². The van der Waals surface area contributed by atoms with Crippen molar-refractivity contribution in [2.45, 2.75) is 18.2 Å². The van der Waals surface area contributed by atoms with Crippen LogP contribution in [0.25, 0.3) is 0 Å². The summed E-state index contributed by atoms with van der Waals surface area (Å²) in [5, 5.41) is 12.4. The van der Waals surface area contributed by atoms with Gasteiger partial charge in [0.05, 0.1) is 23.1 Å². The molecule has 2 aromatic rings. The summed E-state index contributed by atoms with van der Waals surface area (Å²) in [6.45, 7) is 3.95. The summed E-state index contributed by atoms with van der Waals surface area (Å²) in [5.41, 5.74) is 2.64. The molecule has 0 aliphatic carbocycles. The van der Waals surface area contributed by atoms with Crippen molar-refractivity contribution in [3.63, 3.8) is 0 Å². The fraction of sp³-hybridized carbons (Fsp3) is 0.364. The first-order valence-electron chi connectivity index (χ1n) is 9.95. The minimum atomic E-state index is -3.81. The second-order valence-corrected chi connectivity index (χ2v) is 10.2. The molecule has 0 aromatic heterocycles. The van der Waals surface area contributed by atoms with Gasteiger partial charge >= 0.3 is 0 Å². The van der Waals surface area contributed by atoms with Gasteiger partial charge in [-0.1, -0.05) is 17.7 Å². The number of amides is 1. The first kappa shape index (κ1) is 23.1. The van der Waals surface area contributed by atoms with Gasteiger partial charge in [0.1, 0.15) is 0 Å². The molecule has 1 aliphatic rings. The Bertz CT molecular complexity index is 1100. The van der Waals surface area contributed by atoms with E-state index >= 15 is 0 Å². The van der Waals surface area contributed by atoms with Gasteiger partial charge < -0.3 is 10.2 Å². The van der Waals surface area contributed by atoms with Gasteiger partial charge in [0.25, 0.3) is 0 Å². The van der Waals surface area contributed by atoms with Crippen LogP contribution in [0.1, 0.15) is 17.5 Å². The highest BCUT2D eigenvalue weighted by molar-refractivity contribution is 7.89. The predicted molar refractivity (Wildman–Crippen MR) is 120 cm³/mol. The van der Waals surface area contributed by atoms with Crippen LogP contribution in [0.4, 0.5) is 5.69 Å². The van der Waals surface area contributed by atoms with Gasteiger partial charge in [0, 0.05) is 37.4 Å². The van der Waals surface area contributed by atoms with E-state index in [4.69, 9.17) is 16.9 Å². The Balaban J connectivity index is 1.52. The summed E-state index contributed by atoms with van der Waals surface area (Å²) in [6, 6.07) is 13.4. The quantitative estimate of drug-likeness (QED) is 0.685. The molecule has 1 unspecified atom stereocenters. The molecule has 0 bridgehead atoms.